The fourth-order valence-electron chi connectivity index (χ4n) is 1.54. The Morgan fingerprint density at radius 3 is 1.69 bits per heavy atom. The molecule has 0 aromatic carbocycles. The molecule has 0 bridgehead atoms. The van der Waals surface area contributed by atoms with Crippen LogP contribution in [0, 0.1) is 10.8 Å². The SMILES string of the molecule is CN(CC(C)(C)C)C(=O)C(C)(C)C(C)(C)N. The Kier molecular flexibility index (Phi) is 4.21. The molecule has 0 saturated carbocycles. The van der Waals surface area contributed by atoms with Gasteiger partial charge in [0.05, 0.1) is 5.41 Å². The molecular weight excluding hydrogens is 200 g/mol. The standard InChI is InChI=1S/C13H28N2O/c1-11(2,3)9-15(8)10(16)12(4,5)13(6,7)14/h9,14H2,1-8H3. The van der Waals surface area contributed by atoms with E-state index in [2.05, 4.69) is 20.8 Å². The van der Waals surface area contributed by atoms with Gasteiger partial charge in [0.2, 0.25) is 5.91 Å². The Morgan fingerprint density at radius 1 is 1.06 bits per heavy atom. The summed E-state index contributed by atoms with van der Waals surface area (Å²) in [6.45, 7) is 14.7. The highest BCUT2D eigenvalue weighted by molar-refractivity contribution is 5.83. The molecule has 3 nitrogen and oxygen atoms in total. The fourth-order valence-corrected chi connectivity index (χ4v) is 1.54. The zero-order valence-electron chi connectivity index (χ0n) is 12.1. The van der Waals surface area contributed by atoms with E-state index in [1.54, 1.807) is 4.90 Å². The minimum Gasteiger partial charge on any atom is -0.345 e. The summed E-state index contributed by atoms with van der Waals surface area (Å²) >= 11 is 0. The minimum atomic E-state index is -0.549. The molecule has 0 radical (unpaired) electrons. The Balaban J connectivity index is 4.81. The molecule has 0 fully saturated rings. The van der Waals surface area contributed by atoms with Gasteiger partial charge < -0.3 is 10.6 Å². The van der Waals surface area contributed by atoms with E-state index in [1.807, 2.05) is 34.7 Å². The van der Waals surface area contributed by atoms with Gasteiger partial charge in [-0.25, -0.2) is 0 Å². The molecule has 0 aromatic rings. The largest absolute Gasteiger partial charge is 0.345 e. The number of rotatable bonds is 3. The molecule has 16 heavy (non-hydrogen) atoms. The quantitative estimate of drug-likeness (QED) is 0.805. The van der Waals surface area contributed by atoms with Crippen molar-refractivity contribution in [3.05, 3.63) is 0 Å². The average molecular weight is 228 g/mol. The zero-order chi connectivity index (χ0) is 13.4. The predicted molar refractivity (Wildman–Crippen MR) is 69.1 cm³/mol. The number of amides is 1. The second-order valence-electron chi connectivity index (χ2n) is 7.07. The highest BCUT2D eigenvalue weighted by atomic mass is 16.2. The lowest BCUT2D eigenvalue weighted by Gasteiger charge is -2.41. The van der Waals surface area contributed by atoms with E-state index in [1.165, 1.54) is 0 Å². The number of carbonyl (C=O) groups is 1. The molecule has 96 valence electrons. The smallest absolute Gasteiger partial charge is 0.229 e. The summed E-state index contributed by atoms with van der Waals surface area (Å²) in [6.07, 6.45) is 0. The van der Waals surface area contributed by atoms with E-state index in [0.29, 0.717) is 0 Å². The Hall–Kier alpha value is -0.570. The molecule has 0 aliphatic heterocycles. The lowest BCUT2D eigenvalue weighted by molar-refractivity contribution is -0.143. The van der Waals surface area contributed by atoms with E-state index in [-0.39, 0.29) is 11.3 Å². The molecule has 0 saturated heterocycles. The third-order valence-electron chi connectivity index (χ3n) is 3.20. The third-order valence-corrected chi connectivity index (χ3v) is 3.20. The summed E-state index contributed by atoms with van der Waals surface area (Å²) in [6, 6.07) is 0. The molecule has 3 heteroatoms. The maximum absolute atomic E-state index is 12.3. The van der Waals surface area contributed by atoms with Crippen molar-refractivity contribution in [1.82, 2.24) is 4.90 Å². The van der Waals surface area contributed by atoms with Crippen LogP contribution in [0.2, 0.25) is 0 Å². The molecule has 0 rings (SSSR count). The van der Waals surface area contributed by atoms with Crippen molar-refractivity contribution in [2.45, 2.75) is 54.0 Å². The Labute approximate surface area is 100 Å². The summed E-state index contributed by atoms with van der Waals surface area (Å²) < 4.78 is 0. The number of nitrogens with zero attached hydrogens (tertiary/aromatic N) is 1. The van der Waals surface area contributed by atoms with Crippen LogP contribution in [0.25, 0.3) is 0 Å². The van der Waals surface area contributed by atoms with Gasteiger partial charge in [0.25, 0.3) is 0 Å². The van der Waals surface area contributed by atoms with E-state index < -0.39 is 11.0 Å². The van der Waals surface area contributed by atoms with Crippen LogP contribution < -0.4 is 5.73 Å². The van der Waals surface area contributed by atoms with Crippen LogP contribution in [-0.4, -0.2) is 29.9 Å². The van der Waals surface area contributed by atoms with Gasteiger partial charge in [0.1, 0.15) is 0 Å². The van der Waals surface area contributed by atoms with E-state index in [9.17, 15) is 4.79 Å². The fraction of sp³-hybridized carbons (Fsp3) is 0.923. The highest BCUT2D eigenvalue weighted by Gasteiger charge is 2.42. The Morgan fingerprint density at radius 2 is 1.44 bits per heavy atom. The number of nitrogens with two attached hydrogens (primary N) is 1. The molecule has 0 aliphatic carbocycles. The lowest BCUT2D eigenvalue weighted by atomic mass is 9.74. The van der Waals surface area contributed by atoms with Gasteiger partial charge in [-0.05, 0) is 33.1 Å². The Bertz CT molecular complexity index is 256. The molecule has 0 heterocycles. The molecule has 0 spiro atoms. The first-order valence-corrected chi connectivity index (χ1v) is 5.83. The second kappa shape index (κ2) is 4.36. The van der Waals surface area contributed by atoms with Gasteiger partial charge in [-0.2, -0.15) is 0 Å². The van der Waals surface area contributed by atoms with Gasteiger partial charge in [-0.15, -0.1) is 0 Å². The zero-order valence-corrected chi connectivity index (χ0v) is 12.1. The molecule has 0 atom stereocenters. The normalized spacial score (nSPS) is 13.8. The molecule has 1 amide bonds. The van der Waals surface area contributed by atoms with Crippen molar-refractivity contribution in [2.75, 3.05) is 13.6 Å². The molecule has 2 N–H and O–H groups in total. The highest BCUT2D eigenvalue weighted by Crippen LogP contribution is 2.31. The van der Waals surface area contributed by atoms with Crippen molar-refractivity contribution in [3.8, 4) is 0 Å². The maximum atomic E-state index is 12.3. The maximum Gasteiger partial charge on any atom is 0.229 e. The molecule has 0 aliphatic rings. The van der Waals surface area contributed by atoms with Crippen molar-refractivity contribution in [1.29, 1.82) is 0 Å². The van der Waals surface area contributed by atoms with Gasteiger partial charge in [0.15, 0.2) is 0 Å². The van der Waals surface area contributed by atoms with Crippen molar-refractivity contribution in [2.24, 2.45) is 16.6 Å². The minimum absolute atomic E-state index is 0.106. The van der Waals surface area contributed by atoms with Crippen LogP contribution in [0.5, 0.6) is 0 Å². The predicted octanol–water partition coefficient (Wildman–Crippen LogP) is 2.25. The lowest BCUT2D eigenvalue weighted by Crippen LogP contribution is -2.56. The molecular formula is C13H28N2O. The van der Waals surface area contributed by atoms with E-state index in [4.69, 9.17) is 5.73 Å². The second-order valence-corrected chi connectivity index (χ2v) is 7.07. The van der Waals surface area contributed by atoms with Crippen LogP contribution in [-0.2, 0) is 4.79 Å². The van der Waals surface area contributed by atoms with Gasteiger partial charge in [0, 0.05) is 19.1 Å². The van der Waals surface area contributed by atoms with E-state index >= 15 is 0 Å². The van der Waals surface area contributed by atoms with Crippen molar-refractivity contribution >= 4 is 5.91 Å². The first-order chi connectivity index (χ1) is 6.79. The number of hydrogen-bond donors (Lipinski definition) is 1. The van der Waals surface area contributed by atoms with Gasteiger partial charge in [-0.3, -0.25) is 4.79 Å². The third kappa shape index (κ3) is 3.78. The van der Waals surface area contributed by atoms with Crippen molar-refractivity contribution in [3.63, 3.8) is 0 Å². The number of hydrogen-bond acceptors (Lipinski definition) is 2. The summed E-state index contributed by atoms with van der Waals surface area (Å²) in [5, 5.41) is 0. The monoisotopic (exact) mass is 228 g/mol. The first kappa shape index (κ1) is 15.4. The van der Waals surface area contributed by atoms with Crippen LogP contribution in [0.15, 0.2) is 0 Å². The van der Waals surface area contributed by atoms with Crippen LogP contribution >= 0.6 is 0 Å². The topological polar surface area (TPSA) is 46.3 Å². The average Bonchev–Trinajstić information content (AvgIpc) is 1.97. The molecule has 0 aromatic heterocycles. The van der Waals surface area contributed by atoms with Crippen molar-refractivity contribution < 1.29 is 4.79 Å². The van der Waals surface area contributed by atoms with Gasteiger partial charge >= 0.3 is 0 Å². The van der Waals surface area contributed by atoms with Crippen LogP contribution in [0.1, 0.15) is 48.5 Å². The summed E-state index contributed by atoms with van der Waals surface area (Å²) in [5.74, 6) is 0.106. The van der Waals surface area contributed by atoms with Gasteiger partial charge in [-0.1, -0.05) is 20.8 Å². The first-order valence-electron chi connectivity index (χ1n) is 5.83. The molecule has 0 unspecified atom stereocenters. The van der Waals surface area contributed by atoms with Crippen LogP contribution in [0.4, 0.5) is 0 Å². The van der Waals surface area contributed by atoms with E-state index in [0.717, 1.165) is 6.54 Å². The van der Waals surface area contributed by atoms with Crippen LogP contribution in [0.3, 0.4) is 0 Å². The summed E-state index contributed by atoms with van der Waals surface area (Å²) in [5.41, 5.74) is 5.11. The summed E-state index contributed by atoms with van der Waals surface area (Å²) in [4.78, 5) is 14.1. The number of carbonyl (C=O) groups excluding carboxylic acids is 1. The summed E-state index contributed by atoms with van der Waals surface area (Å²) in [7, 11) is 1.85.